The van der Waals surface area contributed by atoms with Crippen molar-refractivity contribution in [2.45, 2.75) is 58.9 Å². The van der Waals surface area contributed by atoms with E-state index in [1.54, 1.807) is 0 Å². The third-order valence-electron chi connectivity index (χ3n) is 4.34. The molecule has 3 heteroatoms. The summed E-state index contributed by atoms with van der Waals surface area (Å²) in [6.07, 6.45) is 5.02. The molecule has 1 aliphatic rings. The zero-order chi connectivity index (χ0) is 12.8. The van der Waals surface area contributed by atoms with Gasteiger partial charge in [-0.05, 0) is 50.0 Å². The van der Waals surface area contributed by atoms with E-state index in [9.17, 15) is 4.79 Å². The lowest BCUT2D eigenvalue weighted by Gasteiger charge is -2.20. The second kappa shape index (κ2) is 7.00. The Balaban J connectivity index is 2.21. The molecule has 0 radical (unpaired) electrons. The van der Waals surface area contributed by atoms with Crippen LogP contribution in [-0.4, -0.2) is 18.5 Å². The third kappa shape index (κ3) is 4.66. The molecule has 1 rings (SSSR count). The van der Waals surface area contributed by atoms with Gasteiger partial charge in [0.05, 0.1) is 0 Å². The van der Waals surface area contributed by atoms with Gasteiger partial charge in [0.1, 0.15) is 0 Å². The Morgan fingerprint density at radius 2 is 2.06 bits per heavy atom. The van der Waals surface area contributed by atoms with E-state index in [-0.39, 0.29) is 5.91 Å². The maximum atomic E-state index is 11.8. The van der Waals surface area contributed by atoms with Gasteiger partial charge in [-0.3, -0.25) is 4.79 Å². The van der Waals surface area contributed by atoms with Gasteiger partial charge in [-0.15, -0.1) is 0 Å². The van der Waals surface area contributed by atoms with Crippen LogP contribution in [0.3, 0.4) is 0 Å². The zero-order valence-electron chi connectivity index (χ0n) is 11.5. The first-order valence-corrected chi connectivity index (χ1v) is 7.04. The van der Waals surface area contributed by atoms with Gasteiger partial charge in [0, 0.05) is 12.5 Å². The van der Waals surface area contributed by atoms with Gasteiger partial charge >= 0.3 is 0 Å². The van der Waals surface area contributed by atoms with Crippen LogP contribution in [0.5, 0.6) is 0 Å². The number of carbonyl (C=O) groups is 1. The van der Waals surface area contributed by atoms with Crippen LogP contribution in [0.4, 0.5) is 0 Å². The summed E-state index contributed by atoms with van der Waals surface area (Å²) in [6, 6.07) is 0.405. The Morgan fingerprint density at radius 3 is 2.59 bits per heavy atom. The SMILES string of the molecule is CC(CCN)CCC(=O)NC1CCC(C)C1C. The number of carbonyl (C=O) groups excluding carboxylic acids is 1. The van der Waals surface area contributed by atoms with Crippen molar-refractivity contribution in [3.05, 3.63) is 0 Å². The molecule has 4 atom stereocenters. The lowest BCUT2D eigenvalue weighted by atomic mass is 9.97. The molecular weight excluding hydrogens is 212 g/mol. The molecule has 3 nitrogen and oxygen atoms in total. The standard InChI is InChI=1S/C14H28N2O/c1-10(8-9-15)4-7-14(17)16-13-6-5-11(2)12(13)3/h10-13H,4-9,15H2,1-3H3,(H,16,17). The van der Waals surface area contributed by atoms with Crippen molar-refractivity contribution in [1.82, 2.24) is 5.32 Å². The lowest BCUT2D eigenvalue weighted by Crippen LogP contribution is -2.37. The molecule has 0 aromatic heterocycles. The van der Waals surface area contributed by atoms with E-state index in [0.29, 0.717) is 24.3 Å². The number of nitrogens with one attached hydrogen (secondary N) is 1. The van der Waals surface area contributed by atoms with E-state index < -0.39 is 0 Å². The van der Waals surface area contributed by atoms with Crippen molar-refractivity contribution in [2.75, 3.05) is 6.54 Å². The highest BCUT2D eigenvalue weighted by Crippen LogP contribution is 2.31. The topological polar surface area (TPSA) is 55.1 Å². The first-order chi connectivity index (χ1) is 8.04. The largest absolute Gasteiger partial charge is 0.353 e. The summed E-state index contributed by atoms with van der Waals surface area (Å²) in [4.78, 5) is 11.8. The van der Waals surface area contributed by atoms with Crippen molar-refractivity contribution in [3.63, 3.8) is 0 Å². The number of amides is 1. The van der Waals surface area contributed by atoms with Crippen molar-refractivity contribution < 1.29 is 4.79 Å². The summed E-state index contributed by atoms with van der Waals surface area (Å²) in [6.45, 7) is 7.42. The van der Waals surface area contributed by atoms with Gasteiger partial charge in [-0.2, -0.15) is 0 Å². The third-order valence-corrected chi connectivity index (χ3v) is 4.34. The van der Waals surface area contributed by atoms with E-state index in [0.717, 1.165) is 31.7 Å². The summed E-state index contributed by atoms with van der Waals surface area (Å²) >= 11 is 0. The van der Waals surface area contributed by atoms with E-state index in [1.165, 1.54) is 6.42 Å². The van der Waals surface area contributed by atoms with Gasteiger partial charge in [0.2, 0.25) is 5.91 Å². The van der Waals surface area contributed by atoms with Gasteiger partial charge < -0.3 is 11.1 Å². The average molecular weight is 240 g/mol. The predicted molar refractivity (Wildman–Crippen MR) is 71.6 cm³/mol. The first kappa shape index (κ1) is 14.5. The summed E-state index contributed by atoms with van der Waals surface area (Å²) in [5, 5.41) is 3.19. The molecule has 0 spiro atoms. The van der Waals surface area contributed by atoms with Crippen molar-refractivity contribution in [3.8, 4) is 0 Å². The first-order valence-electron chi connectivity index (χ1n) is 7.04. The smallest absolute Gasteiger partial charge is 0.220 e. The summed E-state index contributed by atoms with van der Waals surface area (Å²) < 4.78 is 0. The van der Waals surface area contributed by atoms with Crippen molar-refractivity contribution in [2.24, 2.45) is 23.5 Å². The highest BCUT2D eigenvalue weighted by molar-refractivity contribution is 5.76. The van der Waals surface area contributed by atoms with E-state index in [1.807, 2.05) is 0 Å². The van der Waals surface area contributed by atoms with Crippen LogP contribution in [-0.2, 0) is 4.79 Å². The Bertz CT molecular complexity index is 242. The second-order valence-corrected chi connectivity index (χ2v) is 5.81. The molecule has 1 saturated carbocycles. The van der Waals surface area contributed by atoms with E-state index >= 15 is 0 Å². The fourth-order valence-electron chi connectivity index (χ4n) is 2.65. The minimum absolute atomic E-state index is 0.222. The Morgan fingerprint density at radius 1 is 1.35 bits per heavy atom. The van der Waals surface area contributed by atoms with Crippen LogP contribution in [0.1, 0.15) is 52.9 Å². The Labute approximate surface area is 106 Å². The molecule has 0 bridgehead atoms. The number of hydrogen-bond donors (Lipinski definition) is 2. The van der Waals surface area contributed by atoms with Crippen LogP contribution in [0.2, 0.25) is 0 Å². The van der Waals surface area contributed by atoms with Crippen LogP contribution >= 0.6 is 0 Å². The minimum Gasteiger partial charge on any atom is -0.353 e. The average Bonchev–Trinajstić information content (AvgIpc) is 2.59. The number of nitrogens with two attached hydrogens (primary N) is 1. The molecule has 1 amide bonds. The van der Waals surface area contributed by atoms with Crippen LogP contribution in [0, 0.1) is 17.8 Å². The van der Waals surface area contributed by atoms with Crippen molar-refractivity contribution >= 4 is 5.91 Å². The van der Waals surface area contributed by atoms with Crippen LogP contribution < -0.4 is 11.1 Å². The summed E-state index contributed by atoms with van der Waals surface area (Å²) in [5.74, 6) is 2.15. The van der Waals surface area contributed by atoms with E-state index in [2.05, 4.69) is 26.1 Å². The number of hydrogen-bond acceptors (Lipinski definition) is 2. The summed E-state index contributed by atoms with van der Waals surface area (Å²) in [5.41, 5.74) is 5.50. The normalized spacial score (nSPS) is 30.2. The maximum Gasteiger partial charge on any atom is 0.220 e. The monoisotopic (exact) mass is 240 g/mol. The quantitative estimate of drug-likeness (QED) is 0.748. The molecule has 100 valence electrons. The van der Waals surface area contributed by atoms with Gasteiger partial charge in [-0.1, -0.05) is 20.8 Å². The predicted octanol–water partition coefficient (Wildman–Crippen LogP) is 2.30. The molecule has 0 aromatic rings. The molecule has 0 saturated heterocycles. The molecule has 3 N–H and O–H groups in total. The second-order valence-electron chi connectivity index (χ2n) is 5.81. The van der Waals surface area contributed by atoms with Crippen LogP contribution in [0.15, 0.2) is 0 Å². The molecule has 4 unspecified atom stereocenters. The fraction of sp³-hybridized carbons (Fsp3) is 0.929. The molecule has 17 heavy (non-hydrogen) atoms. The van der Waals surface area contributed by atoms with E-state index in [4.69, 9.17) is 5.73 Å². The van der Waals surface area contributed by atoms with Crippen LogP contribution in [0.25, 0.3) is 0 Å². The number of rotatable bonds is 6. The highest BCUT2D eigenvalue weighted by atomic mass is 16.1. The molecule has 1 fully saturated rings. The highest BCUT2D eigenvalue weighted by Gasteiger charge is 2.30. The zero-order valence-corrected chi connectivity index (χ0v) is 11.5. The maximum absolute atomic E-state index is 11.8. The molecule has 0 aliphatic heterocycles. The van der Waals surface area contributed by atoms with Gasteiger partial charge in [0.15, 0.2) is 0 Å². The minimum atomic E-state index is 0.222. The Hall–Kier alpha value is -0.570. The molecule has 0 heterocycles. The lowest BCUT2D eigenvalue weighted by molar-refractivity contribution is -0.122. The Kier molecular flexibility index (Phi) is 5.96. The molecule has 0 aromatic carbocycles. The van der Waals surface area contributed by atoms with Gasteiger partial charge in [0.25, 0.3) is 0 Å². The summed E-state index contributed by atoms with van der Waals surface area (Å²) in [7, 11) is 0. The fourth-order valence-corrected chi connectivity index (χ4v) is 2.65. The van der Waals surface area contributed by atoms with Gasteiger partial charge in [-0.25, -0.2) is 0 Å². The molecular formula is C14H28N2O. The van der Waals surface area contributed by atoms with Crippen molar-refractivity contribution in [1.29, 1.82) is 0 Å². The molecule has 1 aliphatic carbocycles.